The van der Waals surface area contributed by atoms with Gasteiger partial charge in [0, 0.05) is 68.6 Å². The van der Waals surface area contributed by atoms with E-state index in [4.69, 9.17) is 4.74 Å². The zero-order chi connectivity index (χ0) is 30.5. The Morgan fingerprint density at radius 3 is 2.59 bits per heavy atom. The molecule has 0 spiro atoms. The predicted octanol–water partition coefficient (Wildman–Crippen LogP) is 5.98. The number of methoxy groups -OCH3 is 1. The molecule has 230 valence electrons. The molecule has 44 heavy (non-hydrogen) atoms. The van der Waals surface area contributed by atoms with E-state index in [0.717, 1.165) is 56.5 Å². The maximum atomic E-state index is 14.5. The average Bonchev–Trinajstić information content (AvgIpc) is 3.86. The molecule has 2 aliphatic rings. The SMILES string of the molecule is CCNC(=O)c1ccc(-c2cccc([C@H]3CCNC[C@@H]3C(=O)N(Cc3cn(CCCOC)c4ccccc34)C3CC3)c2)cc1. The monoisotopic (exact) mass is 592 g/mol. The van der Waals surface area contributed by atoms with Crippen LogP contribution in [0.3, 0.4) is 0 Å². The lowest BCUT2D eigenvalue weighted by Crippen LogP contribution is -2.47. The van der Waals surface area contributed by atoms with Crippen molar-refractivity contribution in [3.63, 3.8) is 0 Å². The molecule has 0 radical (unpaired) electrons. The zero-order valence-electron chi connectivity index (χ0n) is 25.9. The molecule has 1 aliphatic heterocycles. The summed E-state index contributed by atoms with van der Waals surface area (Å²) in [4.78, 5) is 28.9. The number of benzene rings is 3. The number of rotatable bonds is 12. The van der Waals surface area contributed by atoms with E-state index >= 15 is 0 Å². The number of aryl methyl sites for hydroxylation is 1. The van der Waals surface area contributed by atoms with Gasteiger partial charge in [-0.25, -0.2) is 0 Å². The molecule has 4 aromatic rings. The summed E-state index contributed by atoms with van der Waals surface area (Å²) in [6.45, 7) is 6.39. The Labute approximate surface area is 260 Å². The van der Waals surface area contributed by atoms with Crippen molar-refractivity contribution in [2.45, 2.75) is 57.7 Å². The van der Waals surface area contributed by atoms with E-state index in [-0.39, 0.29) is 23.7 Å². The van der Waals surface area contributed by atoms with Crippen molar-refractivity contribution in [1.82, 2.24) is 20.1 Å². The van der Waals surface area contributed by atoms with Crippen LogP contribution in [0.4, 0.5) is 0 Å². The van der Waals surface area contributed by atoms with Crippen molar-refractivity contribution < 1.29 is 14.3 Å². The topological polar surface area (TPSA) is 75.6 Å². The molecule has 1 saturated heterocycles. The Bertz CT molecular complexity index is 1590. The van der Waals surface area contributed by atoms with Gasteiger partial charge in [0.1, 0.15) is 0 Å². The second kappa shape index (κ2) is 13.8. The van der Waals surface area contributed by atoms with Gasteiger partial charge < -0.3 is 24.8 Å². The molecule has 2 heterocycles. The third-order valence-corrected chi connectivity index (χ3v) is 9.16. The molecule has 7 nitrogen and oxygen atoms in total. The third-order valence-electron chi connectivity index (χ3n) is 9.16. The number of para-hydroxylation sites is 1. The van der Waals surface area contributed by atoms with E-state index in [1.807, 2.05) is 31.2 Å². The molecule has 0 bridgehead atoms. The van der Waals surface area contributed by atoms with Crippen molar-refractivity contribution in [3.05, 3.63) is 95.7 Å². The van der Waals surface area contributed by atoms with E-state index in [0.29, 0.717) is 31.2 Å². The van der Waals surface area contributed by atoms with Gasteiger partial charge in [-0.1, -0.05) is 54.6 Å². The van der Waals surface area contributed by atoms with Crippen molar-refractivity contribution in [3.8, 4) is 11.1 Å². The number of aromatic nitrogens is 1. The smallest absolute Gasteiger partial charge is 0.251 e. The first-order chi connectivity index (χ1) is 21.6. The molecule has 2 amide bonds. The van der Waals surface area contributed by atoms with E-state index < -0.39 is 0 Å². The number of nitrogens with zero attached hydrogens (tertiary/aromatic N) is 2. The Morgan fingerprint density at radius 1 is 1.00 bits per heavy atom. The van der Waals surface area contributed by atoms with Gasteiger partial charge in [0.2, 0.25) is 5.91 Å². The molecule has 3 aromatic carbocycles. The van der Waals surface area contributed by atoms with Gasteiger partial charge >= 0.3 is 0 Å². The van der Waals surface area contributed by atoms with Gasteiger partial charge in [0.25, 0.3) is 5.91 Å². The number of ether oxygens (including phenoxy) is 1. The summed E-state index contributed by atoms with van der Waals surface area (Å²) in [5.41, 5.74) is 6.48. The van der Waals surface area contributed by atoms with Crippen LogP contribution in [0, 0.1) is 5.92 Å². The molecule has 1 aliphatic carbocycles. The molecule has 1 aromatic heterocycles. The first kappa shape index (κ1) is 30.1. The van der Waals surface area contributed by atoms with E-state index in [1.54, 1.807) is 7.11 Å². The molecular weight excluding hydrogens is 548 g/mol. The highest BCUT2D eigenvalue weighted by molar-refractivity contribution is 5.94. The summed E-state index contributed by atoms with van der Waals surface area (Å²) in [5.74, 6) is 0.238. The van der Waals surface area contributed by atoms with Crippen molar-refractivity contribution in [2.24, 2.45) is 5.92 Å². The van der Waals surface area contributed by atoms with Crippen LogP contribution in [0.2, 0.25) is 0 Å². The van der Waals surface area contributed by atoms with Gasteiger partial charge in [-0.2, -0.15) is 0 Å². The van der Waals surface area contributed by atoms with E-state index in [1.165, 1.54) is 22.0 Å². The summed E-state index contributed by atoms with van der Waals surface area (Å²) in [6.07, 6.45) is 6.27. The highest BCUT2D eigenvalue weighted by Crippen LogP contribution is 2.38. The second-order valence-electron chi connectivity index (χ2n) is 12.2. The van der Waals surface area contributed by atoms with Crippen molar-refractivity contribution >= 4 is 22.7 Å². The maximum absolute atomic E-state index is 14.5. The Balaban J connectivity index is 1.24. The Morgan fingerprint density at radius 2 is 1.82 bits per heavy atom. The van der Waals surface area contributed by atoms with Crippen LogP contribution in [0.15, 0.2) is 79.0 Å². The number of amides is 2. The normalized spacial score (nSPS) is 18.3. The lowest BCUT2D eigenvalue weighted by atomic mass is 9.79. The first-order valence-electron chi connectivity index (χ1n) is 16.1. The fourth-order valence-electron chi connectivity index (χ4n) is 6.73. The van der Waals surface area contributed by atoms with E-state index in [9.17, 15) is 9.59 Å². The number of piperidine rings is 1. The lowest BCUT2D eigenvalue weighted by molar-refractivity contribution is -0.138. The quantitative estimate of drug-likeness (QED) is 0.199. The summed E-state index contributed by atoms with van der Waals surface area (Å²) >= 11 is 0. The van der Waals surface area contributed by atoms with Crippen LogP contribution < -0.4 is 10.6 Å². The van der Waals surface area contributed by atoms with Crippen LogP contribution in [0.1, 0.15) is 60.0 Å². The summed E-state index contributed by atoms with van der Waals surface area (Å²) in [6, 6.07) is 25.3. The Hall–Kier alpha value is -3.94. The fourth-order valence-corrected chi connectivity index (χ4v) is 6.73. The average molecular weight is 593 g/mol. The number of nitrogens with one attached hydrogen (secondary N) is 2. The van der Waals surface area contributed by atoms with Crippen LogP contribution in [-0.2, 0) is 22.6 Å². The van der Waals surface area contributed by atoms with E-state index in [2.05, 4.69) is 74.8 Å². The van der Waals surface area contributed by atoms with Gasteiger partial charge in [-0.05, 0) is 85.5 Å². The Kier molecular flexibility index (Phi) is 9.43. The van der Waals surface area contributed by atoms with Crippen LogP contribution in [0.5, 0.6) is 0 Å². The summed E-state index contributed by atoms with van der Waals surface area (Å²) < 4.78 is 7.62. The van der Waals surface area contributed by atoms with Crippen LogP contribution in [0.25, 0.3) is 22.0 Å². The molecule has 0 unspecified atom stereocenters. The van der Waals surface area contributed by atoms with Gasteiger partial charge in [-0.3, -0.25) is 9.59 Å². The molecular formula is C37H44N4O3. The van der Waals surface area contributed by atoms with Crippen molar-refractivity contribution in [1.29, 1.82) is 0 Å². The standard InChI is InChI=1S/C37H44N4O3/c1-3-39-36(42)27-14-12-26(13-15-27)28-8-6-9-29(22-28)32-18-19-38-23-34(32)37(43)41(31-16-17-31)25-30-24-40(20-7-21-44-2)35-11-5-4-10-33(30)35/h4-6,8-15,22,24,31-32,34,38H,3,7,16-21,23,25H2,1-2H3,(H,39,42)/t32-,34+/m1/s1. The number of fused-ring (bicyclic) bond motifs is 1. The maximum Gasteiger partial charge on any atom is 0.251 e. The minimum Gasteiger partial charge on any atom is -0.385 e. The largest absolute Gasteiger partial charge is 0.385 e. The predicted molar refractivity (Wildman–Crippen MR) is 176 cm³/mol. The zero-order valence-corrected chi connectivity index (χ0v) is 25.9. The number of hydrogen-bond donors (Lipinski definition) is 2. The van der Waals surface area contributed by atoms with Gasteiger partial charge in [0.15, 0.2) is 0 Å². The molecule has 7 heteroatoms. The molecule has 2 fully saturated rings. The van der Waals surface area contributed by atoms with Crippen LogP contribution >= 0.6 is 0 Å². The van der Waals surface area contributed by atoms with Crippen molar-refractivity contribution in [2.75, 3.05) is 33.4 Å². The van der Waals surface area contributed by atoms with Crippen LogP contribution in [-0.4, -0.2) is 60.7 Å². The third kappa shape index (κ3) is 6.59. The lowest BCUT2D eigenvalue weighted by Gasteiger charge is -2.36. The number of carbonyl (C=O) groups excluding carboxylic acids is 2. The molecule has 2 N–H and O–H groups in total. The molecule has 1 saturated carbocycles. The molecule has 6 rings (SSSR count). The highest BCUT2D eigenvalue weighted by Gasteiger charge is 2.40. The van der Waals surface area contributed by atoms with Gasteiger partial charge in [-0.15, -0.1) is 0 Å². The fraction of sp³-hybridized carbons (Fsp3) is 0.405. The van der Waals surface area contributed by atoms with Gasteiger partial charge in [0.05, 0.1) is 5.92 Å². The minimum atomic E-state index is -0.116. The number of hydrogen-bond acceptors (Lipinski definition) is 4. The minimum absolute atomic E-state index is 0.0558. The number of carbonyl (C=O) groups is 2. The first-order valence-corrected chi connectivity index (χ1v) is 16.1. The summed E-state index contributed by atoms with van der Waals surface area (Å²) in [7, 11) is 1.74. The summed E-state index contributed by atoms with van der Waals surface area (Å²) in [5, 5.41) is 7.62. The second-order valence-corrected chi connectivity index (χ2v) is 12.2. The highest BCUT2D eigenvalue weighted by atomic mass is 16.5. The molecule has 2 atom stereocenters.